The van der Waals surface area contributed by atoms with E-state index in [1.807, 2.05) is 19.9 Å². The summed E-state index contributed by atoms with van der Waals surface area (Å²) in [4.78, 5) is 24.1. The molecule has 0 aliphatic carbocycles. The molecule has 21 heavy (non-hydrogen) atoms. The van der Waals surface area contributed by atoms with E-state index in [0.29, 0.717) is 17.0 Å². The van der Waals surface area contributed by atoms with Crippen LogP contribution >= 0.6 is 0 Å². The summed E-state index contributed by atoms with van der Waals surface area (Å²) in [7, 11) is 0. The zero-order valence-corrected chi connectivity index (χ0v) is 12.0. The monoisotopic (exact) mass is 285 g/mol. The van der Waals surface area contributed by atoms with Gasteiger partial charge in [0.05, 0.1) is 11.4 Å². The molecule has 1 unspecified atom stereocenters. The normalized spacial score (nSPS) is 16.9. The Kier molecular flexibility index (Phi) is 3.01. The lowest BCUT2D eigenvalue weighted by Gasteiger charge is -2.23. The van der Waals surface area contributed by atoms with Crippen LogP contribution in [-0.4, -0.2) is 27.7 Å². The van der Waals surface area contributed by atoms with E-state index in [4.69, 9.17) is 4.74 Å². The van der Waals surface area contributed by atoms with E-state index < -0.39 is 6.10 Å². The van der Waals surface area contributed by atoms with Gasteiger partial charge in [-0.25, -0.2) is 4.68 Å². The maximum Gasteiger partial charge on any atom is 0.278 e. The third-order valence-electron chi connectivity index (χ3n) is 3.36. The average Bonchev–Trinajstić information content (AvgIpc) is 2.78. The first-order chi connectivity index (χ1) is 9.95. The average molecular weight is 285 g/mol. The van der Waals surface area contributed by atoms with Crippen molar-refractivity contribution in [1.29, 1.82) is 0 Å². The van der Waals surface area contributed by atoms with E-state index in [2.05, 4.69) is 10.4 Å². The van der Waals surface area contributed by atoms with E-state index in [-0.39, 0.29) is 11.8 Å². The predicted octanol–water partition coefficient (Wildman–Crippen LogP) is 1.91. The van der Waals surface area contributed by atoms with Crippen molar-refractivity contribution in [1.82, 2.24) is 9.78 Å². The minimum atomic E-state index is -0.532. The van der Waals surface area contributed by atoms with Gasteiger partial charge in [-0.2, -0.15) is 5.10 Å². The number of hydrogen-bond donors (Lipinski definition) is 1. The van der Waals surface area contributed by atoms with Gasteiger partial charge < -0.3 is 10.1 Å². The van der Waals surface area contributed by atoms with Crippen LogP contribution in [0.5, 0.6) is 5.75 Å². The Morgan fingerprint density at radius 3 is 2.76 bits per heavy atom. The molecule has 6 heteroatoms. The molecule has 1 aromatic heterocycles. The van der Waals surface area contributed by atoms with Crippen molar-refractivity contribution in [2.75, 3.05) is 5.32 Å². The number of carbonyl (C=O) groups is 2. The first-order valence-electron chi connectivity index (χ1n) is 6.65. The van der Waals surface area contributed by atoms with Gasteiger partial charge in [0.25, 0.3) is 11.8 Å². The van der Waals surface area contributed by atoms with Crippen LogP contribution in [0.2, 0.25) is 0 Å². The lowest BCUT2D eigenvalue weighted by atomic mass is 10.1. The Balaban J connectivity index is 1.97. The molecule has 0 saturated carbocycles. The second-order valence-corrected chi connectivity index (χ2v) is 5.10. The molecular formula is C15H15N3O3. The molecule has 2 aromatic rings. The number of anilines is 1. The molecule has 1 atom stereocenters. The molecule has 108 valence electrons. The quantitative estimate of drug-likeness (QED) is 0.868. The smallest absolute Gasteiger partial charge is 0.278 e. The van der Waals surface area contributed by atoms with Gasteiger partial charge in [0.2, 0.25) is 0 Å². The number of nitrogens with one attached hydrogen (secondary N) is 1. The largest absolute Gasteiger partial charge is 0.479 e. The Bertz CT molecular complexity index is 749. The molecule has 0 radical (unpaired) electrons. The minimum absolute atomic E-state index is 0.224. The molecule has 1 aliphatic heterocycles. The Morgan fingerprint density at radius 1 is 1.33 bits per heavy atom. The summed E-state index contributed by atoms with van der Waals surface area (Å²) in [5.41, 5.74) is 2.50. The molecule has 1 aromatic carbocycles. The van der Waals surface area contributed by atoms with Gasteiger partial charge in [-0.05, 0) is 45.0 Å². The zero-order chi connectivity index (χ0) is 15.1. The van der Waals surface area contributed by atoms with Gasteiger partial charge in [0, 0.05) is 11.3 Å². The first kappa shape index (κ1) is 13.4. The fourth-order valence-electron chi connectivity index (χ4n) is 2.30. The second kappa shape index (κ2) is 4.73. The van der Waals surface area contributed by atoms with Gasteiger partial charge in [-0.15, -0.1) is 0 Å². The lowest BCUT2D eigenvalue weighted by Crippen LogP contribution is -2.34. The third kappa shape index (κ3) is 2.29. The predicted molar refractivity (Wildman–Crippen MR) is 76.6 cm³/mol. The lowest BCUT2D eigenvalue weighted by molar-refractivity contribution is -0.122. The highest BCUT2D eigenvalue weighted by molar-refractivity contribution is 6.01. The summed E-state index contributed by atoms with van der Waals surface area (Å²) in [6, 6.07) is 6.80. The number of aromatic nitrogens is 2. The summed E-state index contributed by atoms with van der Waals surface area (Å²) >= 11 is 0. The molecule has 1 aliphatic rings. The number of benzene rings is 1. The summed E-state index contributed by atoms with van der Waals surface area (Å²) in [5, 5.41) is 6.90. The Morgan fingerprint density at radius 2 is 2.10 bits per heavy atom. The minimum Gasteiger partial charge on any atom is -0.479 e. The van der Waals surface area contributed by atoms with E-state index in [1.54, 1.807) is 25.1 Å². The Labute approximate surface area is 121 Å². The molecular weight excluding hydrogens is 270 g/mol. The number of amides is 1. The Hall–Kier alpha value is -2.63. The summed E-state index contributed by atoms with van der Waals surface area (Å²) in [5.74, 6) is 0.0986. The van der Waals surface area contributed by atoms with E-state index in [1.165, 1.54) is 4.68 Å². The van der Waals surface area contributed by atoms with Gasteiger partial charge in [-0.3, -0.25) is 9.59 Å². The second-order valence-electron chi connectivity index (χ2n) is 5.10. The fraction of sp³-hybridized carbons (Fsp3) is 0.267. The molecule has 6 nitrogen and oxygen atoms in total. The van der Waals surface area contributed by atoms with Crippen molar-refractivity contribution in [3.8, 4) is 5.75 Å². The highest BCUT2D eigenvalue weighted by atomic mass is 16.5. The standard InChI is InChI=1S/C15H15N3O3/c1-8-6-9(2)18(17-8)15(20)11-4-5-13-12(7-11)16-14(19)10(3)21-13/h4-7,10H,1-3H3,(H,16,19). The highest BCUT2D eigenvalue weighted by Crippen LogP contribution is 2.30. The topological polar surface area (TPSA) is 73.2 Å². The van der Waals surface area contributed by atoms with Crippen molar-refractivity contribution in [3.63, 3.8) is 0 Å². The highest BCUT2D eigenvalue weighted by Gasteiger charge is 2.24. The maximum atomic E-state index is 12.5. The van der Waals surface area contributed by atoms with Crippen LogP contribution in [0.4, 0.5) is 5.69 Å². The van der Waals surface area contributed by atoms with Crippen LogP contribution in [0.3, 0.4) is 0 Å². The van der Waals surface area contributed by atoms with Gasteiger partial charge in [0.1, 0.15) is 5.75 Å². The molecule has 1 amide bonds. The molecule has 1 N–H and O–H groups in total. The molecule has 0 saturated heterocycles. The van der Waals surface area contributed by atoms with E-state index in [0.717, 1.165) is 11.4 Å². The molecule has 2 heterocycles. The number of aryl methyl sites for hydroxylation is 2. The summed E-state index contributed by atoms with van der Waals surface area (Å²) in [6.45, 7) is 5.33. The SMILES string of the molecule is Cc1cc(C)n(C(=O)c2ccc3c(c2)NC(=O)C(C)O3)n1. The number of rotatable bonds is 1. The third-order valence-corrected chi connectivity index (χ3v) is 3.36. The van der Waals surface area contributed by atoms with Crippen molar-refractivity contribution >= 4 is 17.5 Å². The number of nitrogens with zero attached hydrogens (tertiary/aromatic N) is 2. The van der Waals surface area contributed by atoms with Crippen LogP contribution in [0.15, 0.2) is 24.3 Å². The van der Waals surface area contributed by atoms with Gasteiger partial charge >= 0.3 is 0 Å². The number of fused-ring (bicyclic) bond motifs is 1. The van der Waals surface area contributed by atoms with Crippen molar-refractivity contribution < 1.29 is 14.3 Å². The van der Waals surface area contributed by atoms with Crippen LogP contribution in [-0.2, 0) is 4.79 Å². The molecule has 0 fully saturated rings. The van der Waals surface area contributed by atoms with Crippen molar-refractivity contribution in [2.24, 2.45) is 0 Å². The molecule has 0 bridgehead atoms. The van der Waals surface area contributed by atoms with Crippen molar-refractivity contribution in [2.45, 2.75) is 26.9 Å². The number of hydrogen-bond acceptors (Lipinski definition) is 4. The molecule has 0 spiro atoms. The van der Waals surface area contributed by atoms with E-state index >= 15 is 0 Å². The maximum absolute atomic E-state index is 12.5. The first-order valence-corrected chi connectivity index (χ1v) is 6.65. The van der Waals surface area contributed by atoms with Gasteiger partial charge in [0.15, 0.2) is 6.10 Å². The van der Waals surface area contributed by atoms with Crippen molar-refractivity contribution in [3.05, 3.63) is 41.2 Å². The van der Waals surface area contributed by atoms with Crippen LogP contribution < -0.4 is 10.1 Å². The van der Waals surface area contributed by atoms with Gasteiger partial charge in [-0.1, -0.05) is 0 Å². The fourth-order valence-corrected chi connectivity index (χ4v) is 2.30. The van der Waals surface area contributed by atoms with E-state index in [9.17, 15) is 9.59 Å². The summed E-state index contributed by atoms with van der Waals surface area (Å²) < 4.78 is 6.82. The van der Waals surface area contributed by atoms with Crippen LogP contribution in [0, 0.1) is 13.8 Å². The zero-order valence-electron chi connectivity index (χ0n) is 12.0. The van der Waals surface area contributed by atoms with Crippen LogP contribution in [0.1, 0.15) is 28.7 Å². The number of carbonyl (C=O) groups excluding carboxylic acids is 2. The molecule has 3 rings (SSSR count). The number of ether oxygens (including phenoxy) is 1. The van der Waals surface area contributed by atoms with Crippen LogP contribution in [0.25, 0.3) is 0 Å². The summed E-state index contributed by atoms with van der Waals surface area (Å²) in [6.07, 6.45) is -0.532.